The summed E-state index contributed by atoms with van der Waals surface area (Å²) in [6.45, 7) is 2.57. The molecule has 0 unspecified atom stereocenters. The molecule has 0 bridgehead atoms. The number of aryl methyl sites for hydroxylation is 1. The summed E-state index contributed by atoms with van der Waals surface area (Å²) >= 11 is 0. The maximum atomic E-state index is 12.2. The van der Waals surface area contributed by atoms with Crippen LogP contribution < -0.4 is 15.5 Å². The Balaban J connectivity index is 1.52. The number of urea groups is 1. The number of benzene rings is 1. The van der Waals surface area contributed by atoms with Gasteiger partial charge in [0, 0.05) is 24.7 Å². The van der Waals surface area contributed by atoms with E-state index in [9.17, 15) is 9.59 Å². The van der Waals surface area contributed by atoms with Crippen molar-refractivity contribution in [3.8, 4) is 0 Å². The van der Waals surface area contributed by atoms with E-state index >= 15 is 0 Å². The van der Waals surface area contributed by atoms with E-state index in [0.29, 0.717) is 13.0 Å². The number of hydrogen-bond acceptors (Lipinski definition) is 2. The molecule has 2 N–H and O–H groups in total. The van der Waals surface area contributed by atoms with Crippen molar-refractivity contribution in [3.63, 3.8) is 0 Å². The highest BCUT2D eigenvalue weighted by atomic mass is 16.2. The van der Waals surface area contributed by atoms with Gasteiger partial charge in [-0.25, -0.2) is 4.79 Å². The summed E-state index contributed by atoms with van der Waals surface area (Å²) in [7, 11) is 0. The number of nitrogens with zero attached hydrogens (tertiary/aromatic N) is 1. The number of nitrogens with one attached hydrogen (secondary N) is 2. The quantitative estimate of drug-likeness (QED) is 0.837. The number of rotatable bonds is 3. The van der Waals surface area contributed by atoms with Crippen molar-refractivity contribution in [2.24, 2.45) is 0 Å². The zero-order chi connectivity index (χ0) is 16.9. The molecule has 0 radical (unpaired) electrons. The maximum absolute atomic E-state index is 12.2. The minimum atomic E-state index is -0.134. The zero-order valence-corrected chi connectivity index (χ0v) is 14.4. The standard InChI is InChI=1S/C19H27N3O2/c1-14-8-10-17(11-9-14)22-13-16(12-18(22)23)21-19(24)20-15-6-4-2-3-5-7-15/h8-11,15-16H,2-7,12-13H2,1H3,(H2,20,21,24)/t16-/m1/s1. The number of carbonyl (C=O) groups is 2. The molecule has 24 heavy (non-hydrogen) atoms. The van der Waals surface area contributed by atoms with Crippen LogP contribution in [0.1, 0.15) is 50.5 Å². The van der Waals surface area contributed by atoms with Crippen molar-refractivity contribution in [2.75, 3.05) is 11.4 Å². The molecule has 1 saturated heterocycles. The van der Waals surface area contributed by atoms with Crippen molar-refractivity contribution in [3.05, 3.63) is 29.8 Å². The van der Waals surface area contributed by atoms with E-state index in [0.717, 1.165) is 18.5 Å². The van der Waals surface area contributed by atoms with E-state index in [1.54, 1.807) is 4.90 Å². The van der Waals surface area contributed by atoms with Gasteiger partial charge < -0.3 is 15.5 Å². The lowest BCUT2D eigenvalue weighted by Crippen LogP contribution is -2.47. The van der Waals surface area contributed by atoms with E-state index in [1.165, 1.54) is 31.2 Å². The lowest BCUT2D eigenvalue weighted by atomic mass is 10.1. The van der Waals surface area contributed by atoms with E-state index in [4.69, 9.17) is 0 Å². The third kappa shape index (κ3) is 4.28. The Morgan fingerprint density at radius 3 is 2.29 bits per heavy atom. The average molecular weight is 329 g/mol. The van der Waals surface area contributed by atoms with E-state index in [1.807, 2.05) is 31.2 Å². The molecule has 1 aliphatic carbocycles. The van der Waals surface area contributed by atoms with Gasteiger partial charge in [0.25, 0.3) is 0 Å². The Labute approximate surface area is 143 Å². The molecule has 1 aromatic carbocycles. The Hall–Kier alpha value is -2.04. The molecule has 1 aliphatic heterocycles. The second-order valence-electron chi connectivity index (χ2n) is 7.05. The van der Waals surface area contributed by atoms with Crippen molar-refractivity contribution in [2.45, 2.75) is 64.0 Å². The molecule has 1 atom stereocenters. The van der Waals surface area contributed by atoms with Crippen LogP contribution >= 0.6 is 0 Å². The highest BCUT2D eigenvalue weighted by Crippen LogP contribution is 2.22. The van der Waals surface area contributed by atoms with Gasteiger partial charge in [0.15, 0.2) is 0 Å². The van der Waals surface area contributed by atoms with Crippen LogP contribution in [0.3, 0.4) is 0 Å². The molecular weight excluding hydrogens is 302 g/mol. The van der Waals surface area contributed by atoms with Gasteiger partial charge in [-0.1, -0.05) is 43.4 Å². The first-order valence-corrected chi connectivity index (χ1v) is 9.06. The molecule has 1 saturated carbocycles. The van der Waals surface area contributed by atoms with Crippen molar-refractivity contribution in [1.82, 2.24) is 10.6 Å². The van der Waals surface area contributed by atoms with Crippen LogP contribution in [0.2, 0.25) is 0 Å². The fraction of sp³-hybridized carbons (Fsp3) is 0.579. The predicted octanol–water partition coefficient (Wildman–Crippen LogP) is 3.12. The van der Waals surface area contributed by atoms with Gasteiger partial charge in [-0.15, -0.1) is 0 Å². The molecule has 2 aliphatic rings. The second-order valence-corrected chi connectivity index (χ2v) is 7.05. The fourth-order valence-corrected chi connectivity index (χ4v) is 3.61. The fourth-order valence-electron chi connectivity index (χ4n) is 3.61. The summed E-state index contributed by atoms with van der Waals surface area (Å²) in [4.78, 5) is 26.2. The Morgan fingerprint density at radius 1 is 1.00 bits per heavy atom. The molecule has 1 aromatic rings. The third-order valence-corrected chi connectivity index (χ3v) is 5.00. The second kappa shape index (κ2) is 7.69. The summed E-state index contributed by atoms with van der Waals surface area (Å²) < 4.78 is 0. The monoisotopic (exact) mass is 329 g/mol. The Kier molecular flexibility index (Phi) is 5.38. The summed E-state index contributed by atoms with van der Waals surface area (Å²) in [5.74, 6) is 0.0682. The molecule has 0 aromatic heterocycles. The Bertz CT molecular complexity index is 577. The van der Waals surface area contributed by atoms with Gasteiger partial charge >= 0.3 is 6.03 Å². The molecule has 3 amide bonds. The van der Waals surface area contributed by atoms with Crippen molar-refractivity contribution in [1.29, 1.82) is 0 Å². The summed E-state index contributed by atoms with van der Waals surface area (Å²) in [6.07, 6.45) is 7.40. The van der Waals surface area contributed by atoms with Gasteiger partial charge in [-0.05, 0) is 31.9 Å². The maximum Gasteiger partial charge on any atom is 0.315 e. The number of hydrogen-bond donors (Lipinski definition) is 2. The number of anilines is 1. The summed E-state index contributed by atoms with van der Waals surface area (Å²) in [6, 6.07) is 7.94. The van der Waals surface area contributed by atoms with Crippen molar-refractivity contribution < 1.29 is 9.59 Å². The normalized spacial score (nSPS) is 22.3. The summed E-state index contributed by atoms with van der Waals surface area (Å²) in [5, 5.41) is 6.06. The van der Waals surface area contributed by atoms with E-state index < -0.39 is 0 Å². The van der Waals surface area contributed by atoms with E-state index in [-0.39, 0.29) is 24.0 Å². The lowest BCUT2D eigenvalue weighted by molar-refractivity contribution is -0.117. The first kappa shape index (κ1) is 16.8. The average Bonchev–Trinajstić information content (AvgIpc) is 2.74. The van der Waals surface area contributed by atoms with Crippen LogP contribution in [-0.2, 0) is 4.79 Å². The Morgan fingerprint density at radius 2 is 1.62 bits per heavy atom. The minimum absolute atomic E-state index is 0.0682. The van der Waals surface area contributed by atoms with Crippen LogP contribution in [0.5, 0.6) is 0 Å². The number of carbonyl (C=O) groups excluding carboxylic acids is 2. The van der Waals surface area contributed by atoms with Gasteiger partial charge in [-0.3, -0.25) is 4.79 Å². The molecule has 1 heterocycles. The van der Waals surface area contributed by atoms with Gasteiger partial charge in [0.1, 0.15) is 0 Å². The SMILES string of the molecule is Cc1ccc(N2C[C@H](NC(=O)NC3CCCCCC3)CC2=O)cc1. The molecule has 130 valence electrons. The van der Waals surface area contributed by atoms with Gasteiger partial charge in [0.05, 0.1) is 6.04 Å². The van der Waals surface area contributed by atoms with Crippen LogP contribution in [0.25, 0.3) is 0 Å². The first-order chi connectivity index (χ1) is 11.6. The highest BCUT2D eigenvalue weighted by Gasteiger charge is 2.31. The predicted molar refractivity (Wildman–Crippen MR) is 95.1 cm³/mol. The first-order valence-electron chi connectivity index (χ1n) is 9.06. The van der Waals surface area contributed by atoms with Crippen LogP contribution in [-0.4, -0.2) is 30.6 Å². The third-order valence-electron chi connectivity index (χ3n) is 5.00. The number of amides is 3. The molecule has 3 rings (SSSR count). The highest BCUT2D eigenvalue weighted by molar-refractivity contribution is 5.96. The van der Waals surface area contributed by atoms with Crippen LogP contribution in [0, 0.1) is 6.92 Å². The largest absolute Gasteiger partial charge is 0.335 e. The minimum Gasteiger partial charge on any atom is -0.335 e. The van der Waals surface area contributed by atoms with Crippen LogP contribution in [0.4, 0.5) is 10.5 Å². The molecule has 5 heteroatoms. The topological polar surface area (TPSA) is 61.4 Å². The van der Waals surface area contributed by atoms with Crippen LogP contribution in [0.15, 0.2) is 24.3 Å². The smallest absolute Gasteiger partial charge is 0.315 e. The summed E-state index contributed by atoms with van der Waals surface area (Å²) in [5.41, 5.74) is 2.07. The zero-order valence-electron chi connectivity index (χ0n) is 14.4. The molecule has 0 spiro atoms. The van der Waals surface area contributed by atoms with E-state index in [2.05, 4.69) is 10.6 Å². The lowest BCUT2D eigenvalue weighted by Gasteiger charge is -2.20. The van der Waals surface area contributed by atoms with Gasteiger partial charge in [-0.2, -0.15) is 0 Å². The molecule has 5 nitrogen and oxygen atoms in total. The molecule has 2 fully saturated rings. The van der Waals surface area contributed by atoms with Crippen molar-refractivity contribution >= 4 is 17.6 Å². The van der Waals surface area contributed by atoms with Gasteiger partial charge in [0.2, 0.25) is 5.91 Å². The molecular formula is C19H27N3O2.